The molecule has 1 aromatic carbocycles. The van der Waals surface area contributed by atoms with E-state index in [-0.39, 0.29) is 5.60 Å². The molecule has 0 aromatic heterocycles. The van der Waals surface area contributed by atoms with Crippen LogP contribution in [0.3, 0.4) is 0 Å². The summed E-state index contributed by atoms with van der Waals surface area (Å²) < 4.78 is 11.4. The summed E-state index contributed by atoms with van der Waals surface area (Å²) in [7, 11) is 0. The van der Waals surface area contributed by atoms with E-state index in [0.29, 0.717) is 27.4 Å². The van der Waals surface area contributed by atoms with Gasteiger partial charge >= 0.3 is 0 Å². The molecule has 0 amide bonds. The third-order valence-electron chi connectivity index (χ3n) is 3.53. The first kappa shape index (κ1) is 20.6. The Hall–Kier alpha value is -0.410. The second kappa shape index (κ2) is 9.78. The largest absolute Gasteiger partial charge is 0.488 e. The van der Waals surface area contributed by atoms with E-state index in [4.69, 9.17) is 44.3 Å². The molecule has 0 aliphatic rings. The lowest BCUT2D eigenvalue weighted by Crippen LogP contribution is -2.24. The van der Waals surface area contributed by atoms with Crippen LogP contribution in [0, 0.1) is 0 Å². The van der Waals surface area contributed by atoms with Gasteiger partial charge in [-0.2, -0.15) is 0 Å². The third-order valence-corrected chi connectivity index (χ3v) is 4.55. The molecule has 0 saturated carbocycles. The van der Waals surface area contributed by atoms with Crippen LogP contribution in [0.15, 0.2) is 23.8 Å². The molecule has 0 unspecified atom stereocenters. The minimum atomic E-state index is -0.0564. The van der Waals surface area contributed by atoms with Crippen LogP contribution in [0.5, 0.6) is 5.75 Å². The minimum Gasteiger partial charge on any atom is -0.488 e. The molecule has 0 aliphatic carbocycles. The van der Waals surface area contributed by atoms with Crippen molar-refractivity contribution >= 4 is 34.8 Å². The first-order valence-corrected chi connectivity index (χ1v) is 8.95. The Bertz CT molecular complexity index is 539. The van der Waals surface area contributed by atoms with Gasteiger partial charge in [-0.15, -0.1) is 0 Å². The molecule has 0 aliphatic heterocycles. The molecular weight excluding hydrogens is 355 g/mol. The van der Waals surface area contributed by atoms with Crippen LogP contribution in [0.4, 0.5) is 0 Å². The van der Waals surface area contributed by atoms with Crippen LogP contribution >= 0.6 is 34.8 Å². The van der Waals surface area contributed by atoms with Crippen molar-refractivity contribution in [3.8, 4) is 5.75 Å². The van der Waals surface area contributed by atoms with Crippen molar-refractivity contribution in [1.29, 1.82) is 0 Å². The van der Waals surface area contributed by atoms with Crippen LogP contribution in [0.1, 0.15) is 47.0 Å². The lowest BCUT2D eigenvalue weighted by Gasteiger charge is -2.24. The zero-order valence-electron chi connectivity index (χ0n) is 14.2. The molecule has 0 N–H and O–H groups in total. The van der Waals surface area contributed by atoms with Gasteiger partial charge < -0.3 is 9.47 Å². The molecule has 0 radical (unpaired) electrons. The van der Waals surface area contributed by atoms with Crippen molar-refractivity contribution in [3.05, 3.63) is 38.8 Å². The third kappa shape index (κ3) is 7.80. The van der Waals surface area contributed by atoms with Gasteiger partial charge in [0.15, 0.2) is 0 Å². The fourth-order valence-corrected chi connectivity index (χ4v) is 2.84. The van der Waals surface area contributed by atoms with E-state index >= 15 is 0 Å². The molecule has 1 aromatic rings. The van der Waals surface area contributed by atoms with Gasteiger partial charge in [0.1, 0.15) is 12.4 Å². The van der Waals surface area contributed by atoms with Crippen molar-refractivity contribution in [2.24, 2.45) is 0 Å². The van der Waals surface area contributed by atoms with E-state index in [0.717, 1.165) is 25.9 Å². The number of ether oxygens (including phenoxy) is 2. The molecule has 0 atom stereocenters. The molecule has 130 valence electrons. The van der Waals surface area contributed by atoms with Gasteiger partial charge in [-0.1, -0.05) is 40.4 Å². The Kier molecular flexibility index (Phi) is 8.78. The van der Waals surface area contributed by atoms with Crippen molar-refractivity contribution in [2.45, 2.75) is 52.6 Å². The molecule has 23 heavy (non-hydrogen) atoms. The van der Waals surface area contributed by atoms with Gasteiger partial charge in [-0.25, -0.2) is 0 Å². The van der Waals surface area contributed by atoms with E-state index in [1.807, 2.05) is 6.92 Å². The van der Waals surface area contributed by atoms with E-state index in [2.05, 4.69) is 26.8 Å². The number of hydrogen-bond donors (Lipinski definition) is 0. The normalized spacial score (nSPS) is 12.6. The summed E-state index contributed by atoms with van der Waals surface area (Å²) in [6.45, 7) is 9.60. The van der Waals surface area contributed by atoms with Crippen molar-refractivity contribution < 1.29 is 9.47 Å². The number of allylic oxidation sites excluding steroid dienone is 1. The Labute approximate surface area is 154 Å². The predicted molar refractivity (Wildman–Crippen MR) is 100 cm³/mol. The van der Waals surface area contributed by atoms with E-state index in [9.17, 15) is 0 Å². The average molecular weight is 380 g/mol. The first-order valence-electron chi connectivity index (χ1n) is 7.82. The summed E-state index contributed by atoms with van der Waals surface area (Å²) in [4.78, 5) is 0. The number of hydrogen-bond acceptors (Lipinski definition) is 2. The van der Waals surface area contributed by atoms with E-state index in [1.54, 1.807) is 12.1 Å². The van der Waals surface area contributed by atoms with Gasteiger partial charge in [-0.3, -0.25) is 0 Å². The Balaban J connectivity index is 2.41. The molecular formula is C18H25Cl3O2. The summed E-state index contributed by atoms with van der Waals surface area (Å²) in [5.74, 6) is 0.544. The summed E-state index contributed by atoms with van der Waals surface area (Å²) >= 11 is 17.9. The first-order chi connectivity index (χ1) is 10.7. The van der Waals surface area contributed by atoms with Crippen LogP contribution in [-0.2, 0) is 4.74 Å². The van der Waals surface area contributed by atoms with E-state index < -0.39 is 0 Å². The fraction of sp³-hybridized carbons (Fsp3) is 0.556. The predicted octanol–water partition coefficient (Wildman–Crippen LogP) is 6.96. The summed E-state index contributed by atoms with van der Waals surface area (Å²) in [5, 5.41) is 1.32. The topological polar surface area (TPSA) is 18.5 Å². The standard InChI is InChI=1S/C18H25Cl3O2/c1-5-23-18(3,4)9-6-7-13(2)8-10-22-17-12-15(20)14(19)11-16(17)21/h8,11-12H,5-7,9-10H2,1-4H3. The van der Waals surface area contributed by atoms with Crippen LogP contribution in [-0.4, -0.2) is 18.8 Å². The van der Waals surface area contributed by atoms with Gasteiger partial charge in [0, 0.05) is 12.7 Å². The maximum Gasteiger partial charge on any atom is 0.139 e. The number of halogens is 3. The smallest absolute Gasteiger partial charge is 0.139 e. The molecule has 2 nitrogen and oxygen atoms in total. The quantitative estimate of drug-likeness (QED) is 0.341. The SMILES string of the molecule is CCOC(C)(C)CCCC(C)=CCOc1cc(Cl)c(Cl)cc1Cl. The Morgan fingerprint density at radius 2 is 1.78 bits per heavy atom. The zero-order chi connectivity index (χ0) is 17.5. The highest BCUT2D eigenvalue weighted by Crippen LogP contribution is 2.33. The lowest BCUT2D eigenvalue weighted by molar-refractivity contribution is -0.0173. The van der Waals surface area contributed by atoms with Crippen LogP contribution in [0.2, 0.25) is 15.1 Å². The molecule has 0 bridgehead atoms. The highest BCUT2D eigenvalue weighted by molar-refractivity contribution is 6.43. The molecule has 0 fully saturated rings. The number of benzene rings is 1. The van der Waals surface area contributed by atoms with Crippen LogP contribution < -0.4 is 4.74 Å². The molecule has 5 heteroatoms. The lowest BCUT2D eigenvalue weighted by atomic mass is 9.99. The second-order valence-corrected chi connectivity index (χ2v) is 7.33. The zero-order valence-corrected chi connectivity index (χ0v) is 16.5. The van der Waals surface area contributed by atoms with Gasteiger partial charge in [-0.05, 0) is 59.1 Å². The molecule has 1 rings (SSSR count). The molecule has 0 heterocycles. The van der Waals surface area contributed by atoms with Crippen molar-refractivity contribution in [3.63, 3.8) is 0 Å². The van der Waals surface area contributed by atoms with E-state index in [1.165, 1.54) is 5.57 Å². The van der Waals surface area contributed by atoms with Gasteiger partial charge in [0.2, 0.25) is 0 Å². The summed E-state index contributed by atoms with van der Waals surface area (Å²) in [5.41, 5.74) is 1.23. The van der Waals surface area contributed by atoms with Crippen LogP contribution in [0.25, 0.3) is 0 Å². The molecule has 0 saturated heterocycles. The highest BCUT2D eigenvalue weighted by atomic mass is 35.5. The fourth-order valence-electron chi connectivity index (χ4n) is 2.25. The Morgan fingerprint density at radius 1 is 1.13 bits per heavy atom. The Morgan fingerprint density at radius 3 is 2.43 bits per heavy atom. The number of rotatable bonds is 9. The molecule has 0 spiro atoms. The van der Waals surface area contributed by atoms with Gasteiger partial charge in [0.05, 0.1) is 20.7 Å². The maximum absolute atomic E-state index is 6.08. The highest BCUT2D eigenvalue weighted by Gasteiger charge is 2.16. The van der Waals surface area contributed by atoms with Crippen molar-refractivity contribution in [2.75, 3.05) is 13.2 Å². The second-order valence-electron chi connectivity index (χ2n) is 6.10. The maximum atomic E-state index is 6.08. The van der Waals surface area contributed by atoms with Gasteiger partial charge in [0.25, 0.3) is 0 Å². The van der Waals surface area contributed by atoms with Crippen molar-refractivity contribution in [1.82, 2.24) is 0 Å². The minimum absolute atomic E-state index is 0.0564. The average Bonchev–Trinajstić information content (AvgIpc) is 2.44. The summed E-state index contributed by atoms with van der Waals surface area (Å²) in [6.07, 6.45) is 5.20. The monoisotopic (exact) mass is 378 g/mol. The summed E-state index contributed by atoms with van der Waals surface area (Å²) in [6, 6.07) is 3.23.